The third-order valence-electron chi connectivity index (χ3n) is 1.74. The second kappa shape index (κ2) is 5.29. The largest absolute Gasteiger partial charge is 0.338 e. The van der Waals surface area contributed by atoms with Crippen molar-refractivity contribution in [3.63, 3.8) is 0 Å². The van der Waals surface area contributed by atoms with Gasteiger partial charge in [-0.1, -0.05) is 5.16 Å². The fourth-order valence-corrected chi connectivity index (χ4v) is 2.30. The summed E-state index contributed by atoms with van der Waals surface area (Å²) in [4.78, 5) is 4.29. The first-order valence-corrected chi connectivity index (χ1v) is 6.63. The van der Waals surface area contributed by atoms with Crippen LogP contribution in [0.3, 0.4) is 0 Å². The van der Waals surface area contributed by atoms with Gasteiger partial charge >= 0.3 is 0 Å². The number of thioether (sulfide) groups is 1. The normalized spacial score (nSPS) is 10.7. The van der Waals surface area contributed by atoms with Crippen molar-refractivity contribution >= 4 is 23.1 Å². The molecule has 0 saturated heterocycles. The Morgan fingerprint density at radius 3 is 3.20 bits per heavy atom. The summed E-state index contributed by atoms with van der Waals surface area (Å²) in [5.41, 5.74) is 6.40. The Morgan fingerprint density at radius 1 is 1.53 bits per heavy atom. The maximum Gasteiger partial charge on any atom is 0.236 e. The fraction of sp³-hybridized carbons (Fsp3) is 0.333. The third kappa shape index (κ3) is 2.80. The van der Waals surface area contributed by atoms with Gasteiger partial charge in [0, 0.05) is 23.2 Å². The van der Waals surface area contributed by atoms with Crippen LogP contribution in [0.25, 0.3) is 11.4 Å². The van der Waals surface area contributed by atoms with E-state index >= 15 is 0 Å². The topological polar surface area (TPSA) is 64.9 Å². The fourth-order valence-electron chi connectivity index (χ4n) is 1.07. The van der Waals surface area contributed by atoms with Crippen LogP contribution in [0.4, 0.5) is 0 Å². The molecule has 2 rings (SSSR count). The molecule has 2 aromatic heterocycles. The van der Waals surface area contributed by atoms with Gasteiger partial charge in [0.25, 0.3) is 0 Å². The Kier molecular flexibility index (Phi) is 3.76. The molecule has 0 aliphatic carbocycles. The summed E-state index contributed by atoms with van der Waals surface area (Å²) in [5.74, 6) is 2.97. The van der Waals surface area contributed by atoms with Crippen LogP contribution in [0.5, 0.6) is 0 Å². The lowest BCUT2D eigenvalue weighted by Gasteiger charge is -1.91. The van der Waals surface area contributed by atoms with Crippen LogP contribution >= 0.6 is 23.1 Å². The molecule has 0 atom stereocenters. The summed E-state index contributed by atoms with van der Waals surface area (Å²) in [6, 6.07) is 1.98. The van der Waals surface area contributed by atoms with E-state index in [9.17, 15) is 0 Å². The molecule has 0 spiro atoms. The van der Waals surface area contributed by atoms with E-state index in [1.54, 1.807) is 23.1 Å². The van der Waals surface area contributed by atoms with Gasteiger partial charge in [-0.15, -0.1) is 0 Å². The zero-order valence-electron chi connectivity index (χ0n) is 8.05. The molecule has 80 valence electrons. The van der Waals surface area contributed by atoms with Crippen molar-refractivity contribution in [3.8, 4) is 11.4 Å². The lowest BCUT2D eigenvalue weighted by atomic mass is 10.3. The molecule has 0 bridgehead atoms. The zero-order valence-corrected chi connectivity index (χ0v) is 9.68. The number of nitrogens with zero attached hydrogens (tertiary/aromatic N) is 2. The molecule has 0 radical (unpaired) electrons. The van der Waals surface area contributed by atoms with Crippen LogP contribution in [0.2, 0.25) is 0 Å². The minimum atomic E-state index is 0.662. The monoisotopic (exact) mass is 241 g/mol. The Balaban J connectivity index is 1.98. The second-order valence-corrected chi connectivity index (χ2v) is 4.75. The molecule has 0 fully saturated rings. The first-order valence-electron chi connectivity index (χ1n) is 4.53. The van der Waals surface area contributed by atoms with Crippen molar-refractivity contribution in [2.24, 2.45) is 5.73 Å². The van der Waals surface area contributed by atoms with E-state index < -0.39 is 0 Å². The predicted octanol–water partition coefficient (Wildman–Crippen LogP) is 1.99. The number of rotatable bonds is 5. The van der Waals surface area contributed by atoms with Crippen molar-refractivity contribution < 1.29 is 4.52 Å². The van der Waals surface area contributed by atoms with E-state index in [0.717, 1.165) is 17.1 Å². The molecular formula is C9H11N3OS2. The lowest BCUT2D eigenvalue weighted by Crippen LogP contribution is -2.01. The van der Waals surface area contributed by atoms with Gasteiger partial charge in [-0.05, 0) is 11.4 Å². The standard InChI is InChI=1S/C9H11N3OS2/c10-2-4-15-6-8-11-9(12-13-8)7-1-3-14-5-7/h1,3,5H,2,4,6,10H2. The molecule has 0 amide bonds. The molecule has 2 aromatic rings. The highest BCUT2D eigenvalue weighted by Gasteiger charge is 2.08. The lowest BCUT2D eigenvalue weighted by molar-refractivity contribution is 0.391. The first kappa shape index (κ1) is 10.7. The van der Waals surface area contributed by atoms with Crippen LogP contribution in [0.15, 0.2) is 21.3 Å². The van der Waals surface area contributed by atoms with Gasteiger partial charge in [-0.2, -0.15) is 28.1 Å². The van der Waals surface area contributed by atoms with Crippen LogP contribution in [0, 0.1) is 0 Å². The molecule has 0 unspecified atom stereocenters. The number of aromatic nitrogens is 2. The molecular weight excluding hydrogens is 230 g/mol. The maximum atomic E-state index is 5.39. The number of hydrogen-bond acceptors (Lipinski definition) is 6. The number of thiophene rings is 1. The van der Waals surface area contributed by atoms with Crippen LogP contribution in [-0.4, -0.2) is 22.4 Å². The summed E-state index contributed by atoms with van der Waals surface area (Å²) in [5, 5.41) is 7.91. The van der Waals surface area contributed by atoms with Gasteiger partial charge in [0.2, 0.25) is 11.7 Å². The van der Waals surface area contributed by atoms with E-state index in [2.05, 4.69) is 10.1 Å². The van der Waals surface area contributed by atoms with Crippen molar-refractivity contribution in [1.82, 2.24) is 10.1 Å². The highest BCUT2D eigenvalue weighted by Crippen LogP contribution is 2.20. The average Bonchev–Trinajstić information content (AvgIpc) is 2.87. The summed E-state index contributed by atoms with van der Waals surface area (Å²) < 4.78 is 5.12. The molecule has 0 aliphatic heterocycles. The summed E-state index contributed by atoms with van der Waals surface area (Å²) in [6.45, 7) is 0.677. The Bertz CT molecular complexity index is 399. The zero-order chi connectivity index (χ0) is 10.5. The highest BCUT2D eigenvalue weighted by molar-refractivity contribution is 7.98. The van der Waals surface area contributed by atoms with E-state index in [0.29, 0.717) is 18.3 Å². The van der Waals surface area contributed by atoms with Crippen molar-refractivity contribution in [2.75, 3.05) is 12.3 Å². The summed E-state index contributed by atoms with van der Waals surface area (Å²) in [6.07, 6.45) is 0. The minimum absolute atomic E-state index is 0.662. The minimum Gasteiger partial charge on any atom is -0.338 e. The van der Waals surface area contributed by atoms with Crippen molar-refractivity contribution in [1.29, 1.82) is 0 Å². The van der Waals surface area contributed by atoms with Crippen LogP contribution in [0.1, 0.15) is 5.89 Å². The second-order valence-electron chi connectivity index (χ2n) is 2.87. The van der Waals surface area contributed by atoms with Gasteiger partial charge < -0.3 is 10.3 Å². The van der Waals surface area contributed by atoms with Gasteiger partial charge in [0.15, 0.2) is 0 Å². The maximum absolute atomic E-state index is 5.39. The third-order valence-corrected chi connectivity index (χ3v) is 3.39. The van der Waals surface area contributed by atoms with E-state index in [4.69, 9.17) is 10.3 Å². The molecule has 4 nitrogen and oxygen atoms in total. The van der Waals surface area contributed by atoms with Crippen LogP contribution < -0.4 is 5.73 Å². The quantitative estimate of drug-likeness (QED) is 0.811. The van der Waals surface area contributed by atoms with Gasteiger partial charge in [0.1, 0.15) is 0 Å². The van der Waals surface area contributed by atoms with Crippen molar-refractivity contribution in [2.45, 2.75) is 5.75 Å². The highest BCUT2D eigenvalue weighted by atomic mass is 32.2. The number of hydrogen-bond donors (Lipinski definition) is 1. The van der Waals surface area contributed by atoms with E-state index in [1.807, 2.05) is 16.8 Å². The molecule has 15 heavy (non-hydrogen) atoms. The van der Waals surface area contributed by atoms with Crippen LogP contribution in [-0.2, 0) is 5.75 Å². The average molecular weight is 241 g/mol. The summed E-state index contributed by atoms with van der Waals surface area (Å²) >= 11 is 3.32. The predicted molar refractivity (Wildman–Crippen MR) is 62.8 cm³/mol. The Hall–Kier alpha value is -0.850. The van der Waals surface area contributed by atoms with Crippen molar-refractivity contribution in [3.05, 3.63) is 22.7 Å². The van der Waals surface area contributed by atoms with Gasteiger partial charge in [-0.25, -0.2) is 0 Å². The molecule has 0 aromatic carbocycles. The molecule has 0 aliphatic rings. The first-order chi connectivity index (χ1) is 7.40. The Labute approximate surface area is 95.9 Å². The smallest absolute Gasteiger partial charge is 0.236 e. The molecule has 2 N–H and O–H groups in total. The Morgan fingerprint density at radius 2 is 2.47 bits per heavy atom. The molecule has 2 heterocycles. The SMILES string of the molecule is NCCSCc1nc(-c2ccsc2)no1. The molecule has 6 heteroatoms. The van der Waals surface area contributed by atoms with Gasteiger partial charge in [0.05, 0.1) is 5.75 Å². The summed E-state index contributed by atoms with van der Waals surface area (Å²) in [7, 11) is 0. The van der Waals surface area contributed by atoms with E-state index in [1.165, 1.54) is 0 Å². The van der Waals surface area contributed by atoms with Gasteiger partial charge in [-0.3, -0.25) is 0 Å². The van der Waals surface area contributed by atoms with E-state index in [-0.39, 0.29) is 0 Å². The number of nitrogens with two attached hydrogens (primary N) is 1. The molecule has 0 saturated carbocycles.